The molecule has 0 spiro atoms. The van der Waals surface area contributed by atoms with Gasteiger partial charge in [0.05, 0.1) is 44.2 Å². The molecule has 6 aromatic rings. The van der Waals surface area contributed by atoms with Crippen molar-refractivity contribution in [2.45, 2.75) is 79.8 Å². The number of carboxylic acids is 1. The maximum absolute atomic E-state index is 12.9. The number of thiazole rings is 2. The summed E-state index contributed by atoms with van der Waals surface area (Å²) in [6.07, 6.45) is 4.82. The van der Waals surface area contributed by atoms with E-state index in [1.807, 2.05) is 95.8 Å². The molecule has 0 radical (unpaired) electrons. The molecule has 0 saturated carbocycles. The smallest absolute Gasteiger partial charge is 0.320 e. The van der Waals surface area contributed by atoms with Crippen LogP contribution in [0.3, 0.4) is 0 Å². The van der Waals surface area contributed by atoms with E-state index >= 15 is 0 Å². The lowest BCUT2D eigenvalue weighted by molar-refractivity contribution is -0.156. The summed E-state index contributed by atoms with van der Waals surface area (Å²) < 4.78 is 5.45. The fraction of sp³-hybridized carbons (Fsp3) is 0.423. The number of hydrogen-bond donors (Lipinski definition) is 1. The first-order chi connectivity index (χ1) is 34.2. The molecule has 72 heavy (non-hydrogen) atoms. The number of esters is 1. The van der Waals surface area contributed by atoms with Gasteiger partial charge in [-0.2, -0.15) is 0 Å². The largest absolute Gasteiger partial charge is 0.480 e. The Morgan fingerprint density at radius 1 is 0.625 bits per heavy atom. The molecule has 0 amide bonds. The van der Waals surface area contributed by atoms with Crippen LogP contribution in [-0.4, -0.2) is 139 Å². The van der Waals surface area contributed by atoms with Crippen molar-refractivity contribution in [1.82, 2.24) is 39.7 Å². The summed E-state index contributed by atoms with van der Waals surface area (Å²) in [5.74, 6) is 2.06. The van der Waals surface area contributed by atoms with Crippen LogP contribution < -0.4 is 9.80 Å². The summed E-state index contributed by atoms with van der Waals surface area (Å²) in [5, 5.41) is 11.8. The van der Waals surface area contributed by atoms with Gasteiger partial charge in [-0.05, 0) is 82.9 Å². The average Bonchev–Trinajstić information content (AvgIpc) is 3.99. The number of carbonyl (C=O) groups excluding carboxylic acids is 3. The van der Waals surface area contributed by atoms with Crippen LogP contribution in [0.1, 0.15) is 95.4 Å². The molecule has 380 valence electrons. The first-order valence-electron chi connectivity index (χ1n) is 23.8. The number of ketones is 2. The predicted octanol–water partition coefficient (Wildman–Crippen LogP) is 8.11. The number of carbonyl (C=O) groups is 4. The number of aryl methyl sites for hydroxylation is 4. The summed E-state index contributed by atoms with van der Waals surface area (Å²) >= 11 is 15.4. The van der Waals surface area contributed by atoms with Gasteiger partial charge in [0.1, 0.15) is 28.9 Å². The SMILES string of the molecule is Cc1nc(Cc2ncc(C(=O)Cc3c(C)cccc3Cl)s2)cc(N2CCN(CC(=O)O)CC2)n1.Cc1nc(Cc2ncc(C(=O)Cc3c(C)cccc3Cl)s2)cc(N2CCN(CC(=O)OC(C)(C)C)CC2)n1. The van der Waals surface area contributed by atoms with E-state index in [1.165, 1.54) is 22.7 Å². The Balaban J connectivity index is 0.000000213. The molecule has 2 aromatic carbocycles. The van der Waals surface area contributed by atoms with E-state index in [2.05, 4.69) is 44.6 Å². The summed E-state index contributed by atoms with van der Waals surface area (Å²) in [4.78, 5) is 85.8. The number of nitrogens with zero attached hydrogens (tertiary/aromatic N) is 10. The highest BCUT2D eigenvalue weighted by atomic mass is 35.5. The number of anilines is 2. The number of benzene rings is 2. The zero-order valence-corrected chi connectivity index (χ0v) is 44.9. The molecule has 6 heterocycles. The van der Waals surface area contributed by atoms with Crippen LogP contribution >= 0.6 is 45.9 Å². The van der Waals surface area contributed by atoms with E-state index in [1.54, 1.807) is 18.5 Å². The zero-order valence-electron chi connectivity index (χ0n) is 41.7. The number of aromatic nitrogens is 6. The van der Waals surface area contributed by atoms with Gasteiger partial charge in [-0.1, -0.05) is 47.5 Å². The highest BCUT2D eigenvalue weighted by molar-refractivity contribution is 7.14. The molecule has 20 heteroatoms. The van der Waals surface area contributed by atoms with Crippen LogP contribution in [0.15, 0.2) is 60.9 Å². The first kappa shape index (κ1) is 54.0. The fourth-order valence-corrected chi connectivity index (χ4v) is 10.7. The summed E-state index contributed by atoms with van der Waals surface area (Å²) in [6, 6.07) is 15.2. The second-order valence-corrected chi connectivity index (χ2v) is 21.9. The lowest BCUT2D eigenvalue weighted by Crippen LogP contribution is -2.49. The zero-order chi connectivity index (χ0) is 51.7. The number of piperazine rings is 2. The third kappa shape index (κ3) is 15.4. The van der Waals surface area contributed by atoms with Crippen molar-refractivity contribution in [1.29, 1.82) is 0 Å². The number of halogens is 2. The lowest BCUT2D eigenvalue weighted by atomic mass is 10.0. The molecule has 2 aliphatic rings. The molecule has 0 atom stereocenters. The molecular weight excluding hydrogens is 996 g/mol. The Bertz CT molecular complexity index is 2870. The summed E-state index contributed by atoms with van der Waals surface area (Å²) in [6.45, 7) is 19.4. The highest BCUT2D eigenvalue weighted by Crippen LogP contribution is 2.27. The number of carboxylic acid groups (broad SMARTS) is 1. The Kier molecular flexibility index (Phi) is 18.2. The van der Waals surface area contributed by atoms with Crippen molar-refractivity contribution in [3.63, 3.8) is 0 Å². The number of ether oxygens (including phenoxy) is 1. The maximum Gasteiger partial charge on any atom is 0.320 e. The Hall–Kier alpha value is -5.76. The maximum atomic E-state index is 12.9. The van der Waals surface area contributed by atoms with E-state index < -0.39 is 11.6 Å². The van der Waals surface area contributed by atoms with Crippen LogP contribution in [-0.2, 0) is 40.0 Å². The molecule has 0 unspecified atom stereocenters. The topological polar surface area (TPSA) is 188 Å². The predicted molar refractivity (Wildman–Crippen MR) is 283 cm³/mol. The third-order valence-corrected chi connectivity index (χ3v) is 14.8. The Labute approximate surface area is 438 Å². The monoisotopic (exact) mass is 1050 g/mol. The van der Waals surface area contributed by atoms with Gasteiger partial charge in [-0.3, -0.25) is 29.0 Å². The molecule has 0 bridgehead atoms. The Morgan fingerprint density at radius 2 is 1.04 bits per heavy atom. The third-order valence-electron chi connectivity index (χ3n) is 12.0. The lowest BCUT2D eigenvalue weighted by Gasteiger charge is -2.35. The van der Waals surface area contributed by atoms with Crippen molar-refractivity contribution in [2.24, 2.45) is 0 Å². The van der Waals surface area contributed by atoms with Gasteiger partial charge in [-0.15, -0.1) is 22.7 Å². The van der Waals surface area contributed by atoms with Crippen LogP contribution in [0.25, 0.3) is 0 Å². The second-order valence-electron chi connectivity index (χ2n) is 18.9. The van der Waals surface area contributed by atoms with Gasteiger partial charge in [0, 0.05) is 113 Å². The average molecular weight is 1060 g/mol. The van der Waals surface area contributed by atoms with E-state index in [-0.39, 0.29) is 36.9 Å². The van der Waals surface area contributed by atoms with Crippen molar-refractivity contribution in [2.75, 3.05) is 75.2 Å². The van der Waals surface area contributed by atoms with Gasteiger partial charge in [-0.25, -0.2) is 29.9 Å². The number of Topliss-reactive ketones (excluding diaryl/α,β-unsaturated/α-hetero) is 2. The highest BCUT2D eigenvalue weighted by Gasteiger charge is 2.25. The standard InChI is InChI=1S/C28H34ClN5O3S.C24H26ClN5O3S/c1-18-7-6-8-22(29)21(18)15-23(35)24-16-30-26(38-24)14-20-13-25(32-19(2)31-20)34-11-9-33(10-12-34)17-27(36)37-28(3,4)5;1-15-4-3-5-19(25)18(15)12-20(31)21-13-26-23(34-21)11-17-10-22(28-16(2)27-17)30-8-6-29(7-9-30)14-24(32)33/h6-8,13,16H,9-12,14-15,17H2,1-5H3;3-5,10,13H,6-9,11-12,14H2,1-2H3,(H,32,33). The van der Waals surface area contributed by atoms with E-state index in [0.717, 1.165) is 81.5 Å². The summed E-state index contributed by atoms with van der Waals surface area (Å²) in [5.41, 5.74) is 4.93. The Morgan fingerprint density at radius 3 is 1.43 bits per heavy atom. The molecule has 0 aliphatic carbocycles. The van der Waals surface area contributed by atoms with E-state index in [0.29, 0.717) is 77.0 Å². The molecule has 16 nitrogen and oxygen atoms in total. The summed E-state index contributed by atoms with van der Waals surface area (Å²) in [7, 11) is 0. The number of rotatable bonds is 16. The molecule has 8 rings (SSSR count). The molecule has 2 aliphatic heterocycles. The molecule has 1 N–H and O–H groups in total. The van der Waals surface area contributed by atoms with Crippen molar-refractivity contribution in [3.8, 4) is 0 Å². The fourth-order valence-electron chi connectivity index (χ4n) is 8.37. The number of hydrogen-bond acceptors (Lipinski definition) is 17. The van der Waals surface area contributed by atoms with Gasteiger partial charge < -0.3 is 19.6 Å². The normalized spacial score (nSPS) is 14.5. The van der Waals surface area contributed by atoms with Gasteiger partial charge >= 0.3 is 11.9 Å². The van der Waals surface area contributed by atoms with Crippen LogP contribution in [0.5, 0.6) is 0 Å². The quantitative estimate of drug-likeness (QED) is 0.0723. The van der Waals surface area contributed by atoms with E-state index in [4.69, 9.17) is 33.0 Å². The second kappa shape index (κ2) is 24.3. The van der Waals surface area contributed by atoms with Crippen LogP contribution in [0.2, 0.25) is 10.0 Å². The van der Waals surface area contributed by atoms with E-state index in [9.17, 15) is 19.2 Å². The molecular formula is C52H60Cl2N10O6S2. The number of aliphatic carboxylic acids is 1. The molecule has 4 aromatic heterocycles. The van der Waals surface area contributed by atoms with Crippen molar-refractivity contribution < 1.29 is 29.0 Å². The van der Waals surface area contributed by atoms with Crippen molar-refractivity contribution >= 4 is 81.0 Å². The molecule has 2 fully saturated rings. The van der Waals surface area contributed by atoms with Crippen molar-refractivity contribution in [3.05, 3.63) is 136 Å². The van der Waals surface area contributed by atoms with Crippen LogP contribution in [0, 0.1) is 27.7 Å². The minimum Gasteiger partial charge on any atom is -0.480 e. The molecule has 2 saturated heterocycles. The van der Waals surface area contributed by atoms with Gasteiger partial charge in [0.15, 0.2) is 11.6 Å². The first-order valence-corrected chi connectivity index (χ1v) is 26.1. The minimum absolute atomic E-state index is 0.00117. The van der Waals surface area contributed by atoms with Gasteiger partial charge in [0.25, 0.3) is 0 Å². The minimum atomic E-state index is -0.808. The van der Waals surface area contributed by atoms with Crippen LogP contribution in [0.4, 0.5) is 11.6 Å². The van der Waals surface area contributed by atoms with Gasteiger partial charge in [0.2, 0.25) is 0 Å².